The van der Waals surface area contributed by atoms with Gasteiger partial charge in [-0.1, -0.05) is 29.8 Å². The fraction of sp³-hybridized carbons (Fsp3) is 0.429. The van der Waals surface area contributed by atoms with Gasteiger partial charge in [-0.15, -0.1) is 0 Å². The van der Waals surface area contributed by atoms with Crippen LogP contribution in [0.5, 0.6) is 0 Å². The van der Waals surface area contributed by atoms with E-state index in [1.54, 1.807) is 11.9 Å². The lowest BCUT2D eigenvalue weighted by molar-refractivity contribution is -0.129. The highest BCUT2D eigenvalue weighted by atomic mass is 16.2. The first-order chi connectivity index (χ1) is 8.13. The second kappa shape index (κ2) is 6.70. The molecule has 3 nitrogen and oxygen atoms in total. The van der Waals surface area contributed by atoms with Gasteiger partial charge >= 0.3 is 0 Å². The van der Waals surface area contributed by atoms with Crippen LogP contribution in [0.25, 0.3) is 0 Å². The zero-order valence-electron chi connectivity index (χ0n) is 10.4. The maximum atomic E-state index is 11.7. The molecule has 0 aliphatic rings. The Morgan fingerprint density at radius 1 is 1.47 bits per heavy atom. The smallest absolute Gasteiger partial charge is 0.222 e. The third-order valence-corrected chi connectivity index (χ3v) is 2.69. The van der Waals surface area contributed by atoms with Crippen molar-refractivity contribution in [3.05, 3.63) is 35.4 Å². The van der Waals surface area contributed by atoms with Gasteiger partial charge < -0.3 is 4.90 Å². The molecular formula is C14H18N2O. The predicted octanol–water partition coefficient (Wildman–Crippen LogP) is 2.30. The van der Waals surface area contributed by atoms with Crippen molar-refractivity contribution in [2.75, 3.05) is 13.6 Å². The Balaban J connectivity index is 2.40. The molecule has 0 aliphatic carbocycles. The van der Waals surface area contributed by atoms with Crippen LogP contribution >= 0.6 is 0 Å². The molecule has 0 radical (unpaired) electrons. The summed E-state index contributed by atoms with van der Waals surface area (Å²) in [7, 11) is 1.75. The van der Waals surface area contributed by atoms with E-state index in [4.69, 9.17) is 5.26 Å². The summed E-state index contributed by atoms with van der Waals surface area (Å²) in [5.41, 5.74) is 2.40. The van der Waals surface area contributed by atoms with E-state index in [-0.39, 0.29) is 5.91 Å². The molecule has 0 aromatic heterocycles. The molecule has 0 spiro atoms. The lowest BCUT2D eigenvalue weighted by atomic mass is 10.1. The highest BCUT2D eigenvalue weighted by Gasteiger charge is 2.08. The van der Waals surface area contributed by atoms with Crippen LogP contribution in [0.4, 0.5) is 0 Å². The molecule has 0 heterocycles. The van der Waals surface area contributed by atoms with Gasteiger partial charge in [-0.2, -0.15) is 5.26 Å². The molecule has 1 rings (SSSR count). The number of nitrogens with zero attached hydrogens (tertiary/aromatic N) is 2. The van der Waals surface area contributed by atoms with Crippen molar-refractivity contribution in [2.45, 2.75) is 26.2 Å². The number of rotatable bonds is 5. The van der Waals surface area contributed by atoms with Crippen LogP contribution in [0.15, 0.2) is 24.3 Å². The van der Waals surface area contributed by atoms with Crippen molar-refractivity contribution in [3.8, 4) is 6.07 Å². The molecule has 90 valence electrons. The van der Waals surface area contributed by atoms with E-state index in [0.29, 0.717) is 19.4 Å². The van der Waals surface area contributed by atoms with Gasteiger partial charge in [-0.05, 0) is 18.9 Å². The highest BCUT2D eigenvalue weighted by molar-refractivity contribution is 5.76. The number of carbonyl (C=O) groups is 1. The number of nitriles is 1. The monoisotopic (exact) mass is 230 g/mol. The maximum Gasteiger partial charge on any atom is 0.222 e. The minimum absolute atomic E-state index is 0.0988. The first-order valence-corrected chi connectivity index (χ1v) is 5.80. The van der Waals surface area contributed by atoms with Gasteiger partial charge in [0.25, 0.3) is 0 Å². The van der Waals surface area contributed by atoms with Gasteiger partial charge in [0.1, 0.15) is 0 Å². The van der Waals surface area contributed by atoms with Crippen LogP contribution in [0.2, 0.25) is 0 Å². The second-order valence-corrected chi connectivity index (χ2v) is 4.21. The van der Waals surface area contributed by atoms with Crippen molar-refractivity contribution in [3.63, 3.8) is 0 Å². The van der Waals surface area contributed by atoms with Gasteiger partial charge in [0, 0.05) is 20.0 Å². The van der Waals surface area contributed by atoms with Crippen LogP contribution in [-0.4, -0.2) is 24.4 Å². The molecule has 3 heteroatoms. The largest absolute Gasteiger partial charge is 0.345 e. The fourth-order valence-electron chi connectivity index (χ4n) is 1.65. The summed E-state index contributed by atoms with van der Waals surface area (Å²) in [6.07, 6.45) is 1.66. The third kappa shape index (κ3) is 4.69. The van der Waals surface area contributed by atoms with Crippen LogP contribution in [0, 0.1) is 18.3 Å². The molecular weight excluding hydrogens is 212 g/mol. The van der Waals surface area contributed by atoms with Crippen molar-refractivity contribution < 1.29 is 4.79 Å². The number of aryl methyl sites for hydroxylation is 2. The summed E-state index contributed by atoms with van der Waals surface area (Å²) in [4.78, 5) is 13.3. The number of hydrogen-bond acceptors (Lipinski definition) is 2. The molecule has 17 heavy (non-hydrogen) atoms. The Labute approximate surface area is 103 Å². The van der Waals surface area contributed by atoms with E-state index >= 15 is 0 Å². The summed E-state index contributed by atoms with van der Waals surface area (Å²) in [5.74, 6) is 0.0988. The third-order valence-electron chi connectivity index (χ3n) is 2.69. The molecule has 0 N–H and O–H groups in total. The Bertz CT molecular complexity index is 420. The van der Waals surface area contributed by atoms with Gasteiger partial charge in [0.2, 0.25) is 5.91 Å². The molecule has 1 aromatic rings. The zero-order valence-corrected chi connectivity index (χ0v) is 10.4. The quantitative estimate of drug-likeness (QED) is 0.779. The molecule has 0 bridgehead atoms. The van der Waals surface area contributed by atoms with Gasteiger partial charge in [-0.25, -0.2) is 0 Å². The average Bonchev–Trinajstić information content (AvgIpc) is 2.33. The fourth-order valence-corrected chi connectivity index (χ4v) is 1.65. The van der Waals surface area contributed by atoms with E-state index in [2.05, 4.69) is 6.07 Å². The number of carbonyl (C=O) groups excluding carboxylic acids is 1. The molecule has 0 saturated heterocycles. The first kappa shape index (κ1) is 13.2. The van der Waals surface area contributed by atoms with Crippen molar-refractivity contribution in [2.24, 2.45) is 0 Å². The molecule has 0 aliphatic heterocycles. The standard InChI is InChI=1S/C14H18N2O/c1-12-5-3-6-13(11-12)7-8-14(17)16(2)10-4-9-15/h3,5-6,11H,4,7-8,10H2,1-2H3. The molecule has 0 unspecified atom stereocenters. The van der Waals surface area contributed by atoms with E-state index in [1.165, 1.54) is 11.1 Å². The number of benzene rings is 1. The van der Waals surface area contributed by atoms with Crippen LogP contribution in [0.3, 0.4) is 0 Å². The summed E-state index contributed by atoms with van der Waals surface area (Å²) in [6.45, 7) is 2.56. The Morgan fingerprint density at radius 2 is 2.24 bits per heavy atom. The topological polar surface area (TPSA) is 44.1 Å². The van der Waals surface area contributed by atoms with Gasteiger partial charge in [0.05, 0.1) is 12.5 Å². The molecule has 0 saturated carbocycles. The van der Waals surface area contributed by atoms with Crippen molar-refractivity contribution in [1.82, 2.24) is 4.90 Å². The molecule has 0 atom stereocenters. The maximum absolute atomic E-state index is 11.7. The zero-order chi connectivity index (χ0) is 12.7. The molecule has 1 amide bonds. The summed E-state index contributed by atoms with van der Waals surface area (Å²) < 4.78 is 0. The van der Waals surface area contributed by atoms with E-state index in [9.17, 15) is 4.79 Å². The van der Waals surface area contributed by atoms with Crippen LogP contribution in [-0.2, 0) is 11.2 Å². The Hall–Kier alpha value is -1.82. The SMILES string of the molecule is Cc1cccc(CCC(=O)N(C)CCC#N)c1. The number of amides is 1. The van der Waals surface area contributed by atoms with E-state index in [0.717, 1.165) is 6.42 Å². The highest BCUT2D eigenvalue weighted by Crippen LogP contribution is 2.07. The van der Waals surface area contributed by atoms with Crippen molar-refractivity contribution in [1.29, 1.82) is 5.26 Å². The summed E-state index contributed by atoms with van der Waals surface area (Å²) in [6, 6.07) is 10.2. The minimum Gasteiger partial charge on any atom is -0.345 e. The molecule has 1 aromatic carbocycles. The second-order valence-electron chi connectivity index (χ2n) is 4.21. The predicted molar refractivity (Wildman–Crippen MR) is 67.4 cm³/mol. The van der Waals surface area contributed by atoms with E-state index in [1.807, 2.05) is 31.2 Å². The van der Waals surface area contributed by atoms with Crippen LogP contribution in [0.1, 0.15) is 24.0 Å². The average molecular weight is 230 g/mol. The molecule has 0 fully saturated rings. The normalized spacial score (nSPS) is 9.71. The van der Waals surface area contributed by atoms with Crippen LogP contribution < -0.4 is 0 Å². The summed E-state index contributed by atoms with van der Waals surface area (Å²) >= 11 is 0. The van der Waals surface area contributed by atoms with E-state index < -0.39 is 0 Å². The lowest BCUT2D eigenvalue weighted by Crippen LogP contribution is -2.27. The summed E-state index contributed by atoms with van der Waals surface area (Å²) in [5, 5.41) is 8.45. The van der Waals surface area contributed by atoms with Gasteiger partial charge in [-0.3, -0.25) is 4.79 Å². The first-order valence-electron chi connectivity index (χ1n) is 5.80. The Morgan fingerprint density at radius 3 is 2.88 bits per heavy atom. The lowest BCUT2D eigenvalue weighted by Gasteiger charge is -2.15. The Kier molecular flexibility index (Phi) is 5.22. The number of hydrogen-bond donors (Lipinski definition) is 0. The minimum atomic E-state index is 0.0988. The van der Waals surface area contributed by atoms with Crippen molar-refractivity contribution >= 4 is 5.91 Å². The van der Waals surface area contributed by atoms with Gasteiger partial charge in [0.15, 0.2) is 0 Å².